The third-order valence-corrected chi connectivity index (χ3v) is 3.18. The van der Waals surface area contributed by atoms with Crippen molar-refractivity contribution < 1.29 is 14.6 Å². The highest BCUT2D eigenvalue weighted by Gasteiger charge is 2.43. The Hall–Kier alpha value is -1.26. The number of halogens is 1. The summed E-state index contributed by atoms with van der Waals surface area (Å²) in [5.74, 6) is 0. The summed E-state index contributed by atoms with van der Waals surface area (Å²) >= 11 is 5.89. The Labute approximate surface area is 105 Å². The number of hydrogen-bond acceptors (Lipinski definition) is 3. The second-order valence-corrected chi connectivity index (χ2v) is 4.86. The summed E-state index contributed by atoms with van der Waals surface area (Å²) in [5, 5.41) is 9.97. The van der Waals surface area contributed by atoms with Gasteiger partial charge in [-0.05, 0) is 24.6 Å². The van der Waals surface area contributed by atoms with Crippen molar-refractivity contribution in [3.05, 3.63) is 34.9 Å². The molecule has 0 saturated carbocycles. The molecule has 1 atom stereocenters. The largest absolute Gasteiger partial charge is 0.447 e. The number of benzene rings is 1. The van der Waals surface area contributed by atoms with Gasteiger partial charge >= 0.3 is 6.09 Å². The first-order valence-electron chi connectivity index (χ1n) is 5.35. The minimum absolute atomic E-state index is 0.126. The number of aliphatic hydroxyl groups excluding tert-OH is 1. The topological polar surface area (TPSA) is 49.8 Å². The van der Waals surface area contributed by atoms with Crippen LogP contribution >= 0.6 is 11.6 Å². The van der Waals surface area contributed by atoms with Crippen molar-refractivity contribution in [1.82, 2.24) is 4.90 Å². The Morgan fingerprint density at radius 2 is 2.35 bits per heavy atom. The lowest BCUT2D eigenvalue weighted by atomic mass is 10.0. The lowest BCUT2D eigenvalue weighted by Gasteiger charge is -2.29. The lowest BCUT2D eigenvalue weighted by Crippen LogP contribution is -2.47. The Bertz CT molecular complexity index is 438. The van der Waals surface area contributed by atoms with Gasteiger partial charge in [-0.1, -0.05) is 23.7 Å². The van der Waals surface area contributed by atoms with E-state index in [2.05, 4.69) is 0 Å². The molecule has 1 aliphatic heterocycles. The number of nitrogens with zero attached hydrogens (tertiary/aromatic N) is 1. The number of cyclic esters (lactones) is 1. The van der Waals surface area contributed by atoms with Crippen molar-refractivity contribution in [2.24, 2.45) is 0 Å². The highest BCUT2D eigenvalue weighted by Crippen LogP contribution is 2.26. The summed E-state index contributed by atoms with van der Waals surface area (Å²) in [6.45, 7) is 2.26. The number of rotatable bonds is 3. The van der Waals surface area contributed by atoms with Crippen molar-refractivity contribution in [2.75, 3.05) is 13.2 Å². The van der Waals surface area contributed by atoms with E-state index in [1.165, 1.54) is 4.90 Å². The number of ether oxygens (including phenoxy) is 1. The van der Waals surface area contributed by atoms with Crippen LogP contribution in [0.5, 0.6) is 0 Å². The average Bonchev–Trinajstić information content (AvgIpc) is 2.58. The predicted octanol–water partition coefficient (Wildman–Crippen LogP) is 2.04. The van der Waals surface area contributed by atoms with Crippen LogP contribution < -0.4 is 0 Å². The normalized spacial score (nSPS) is 23.9. The maximum atomic E-state index is 11.6. The summed E-state index contributed by atoms with van der Waals surface area (Å²) in [5.41, 5.74) is 0.260. The molecule has 1 saturated heterocycles. The molecule has 5 heteroatoms. The van der Waals surface area contributed by atoms with E-state index >= 15 is 0 Å². The van der Waals surface area contributed by atoms with Gasteiger partial charge in [0.15, 0.2) is 0 Å². The van der Waals surface area contributed by atoms with Gasteiger partial charge in [0.1, 0.15) is 12.1 Å². The van der Waals surface area contributed by atoms with Crippen LogP contribution in [0.1, 0.15) is 12.5 Å². The van der Waals surface area contributed by atoms with Crippen molar-refractivity contribution in [3.8, 4) is 0 Å². The molecule has 1 N–H and O–H groups in total. The number of amides is 1. The van der Waals surface area contributed by atoms with E-state index in [0.717, 1.165) is 5.56 Å². The molecule has 0 bridgehead atoms. The Morgan fingerprint density at radius 1 is 1.59 bits per heavy atom. The highest BCUT2D eigenvalue weighted by atomic mass is 35.5. The van der Waals surface area contributed by atoms with Gasteiger partial charge in [-0.25, -0.2) is 4.79 Å². The van der Waals surface area contributed by atoms with Crippen LogP contribution in [0.3, 0.4) is 0 Å². The fourth-order valence-electron chi connectivity index (χ4n) is 1.80. The summed E-state index contributed by atoms with van der Waals surface area (Å²) < 4.78 is 4.97. The van der Waals surface area contributed by atoms with Gasteiger partial charge in [-0.15, -0.1) is 0 Å². The van der Waals surface area contributed by atoms with E-state index < -0.39 is 11.6 Å². The van der Waals surface area contributed by atoms with E-state index in [0.29, 0.717) is 11.6 Å². The molecule has 1 aromatic rings. The third-order valence-electron chi connectivity index (χ3n) is 2.95. The van der Waals surface area contributed by atoms with Crippen LogP contribution in [0.4, 0.5) is 4.79 Å². The molecular formula is C12H14ClNO3. The number of hydrogen-bond donors (Lipinski definition) is 1. The molecule has 0 aliphatic carbocycles. The standard InChI is InChI=1S/C12H14ClNO3/c1-12(7-15)8-17-11(16)14(12)6-9-3-2-4-10(13)5-9/h2-5,15H,6-8H2,1H3. The Balaban J connectivity index is 2.19. The zero-order valence-corrected chi connectivity index (χ0v) is 10.3. The SMILES string of the molecule is CC1(CO)COC(=O)N1Cc1cccc(Cl)c1. The van der Waals surface area contributed by atoms with Gasteiger partial charge < -0.3 is 9.84 Å². The third kappa shape index (κ3) is 2.37. The van der Waals surface area contributed by atoms with Crippen LogP contribution in [0.15, 0.2) is 24.3 Å². The highest BCUT2D eigenvalue weighted by molar-refractivity contribution is 6.30. The van der Waals surface area contributed by atoms with Crippen molar-refractivity contribution in [1.29, 1.82) is 0 Å². The Morgan fingerprint density at radius 3 is 3.00 bits per heavy atom. The van der Waals surface area contributed by atoms with E-state index in [1.54, 1.807) is 19.1 Å². The fraction of sp³-hybridized carbons (Fsp3) is 0.417. The zero-order valence-electron chi connectivity index (χ0n) is 9.52. The molecule has 92 valence electrons. The fourth-order valence-corrected chi connectivity index (χ4v) is 2.01. The van der Waals surface area contributed by atoms with Gasteiger partial charge in [-0.2, -0.15) is 0 Å². The van der Waals surface area contributed by atoms with Crippen LogP contribution in [0.25, 0.3) is 0 Å². The zero-order chi connectivity index (χ0) is 12.5. The number of carbonyl (C=O) groups is 1. The molecule has 1 fully saturated rings. The minimum atomic E-state index is -0.653. The predicted molar refractivity (Wildman–Crippen MR) is 63.8 cm³/mol. The molecule has 1 amide bonds. The number of carbonyl (C=O) groups excluding carboxylic acids is 1. The van der Waals surface area contributed by atoms with E-state index in [9.17, 15) is 9.90 Å². The molecule has 1 heterocycles. The average molecular weight is 256 g/mol. The molecule has 0 radical (unpaired) electrons. The molecule has 4 nitrogen and oxygen atoms in total. The van der Waals surface area contributed by atoms with Gasteiger partial charge in [0.05, 0.1) is 6.61 Å². The van der Waals surface area contributed by atoms with Gasteiger partial charge in [-0.3, -0.25) is 4.90 Å². The van der Waals surface area contributed by atoms with Crippen LogP contribution in [-0.4, -0.2) is 34.9 Å². The molecule has 0 aromatic heterocycles. The second-order valence-electron chi connectivity index (χ2n) is 4.43. The Kier molecular flexibility index (Phi) is 3.26. The molecule has 1 aliphatic rings. The summed E-state index contributed by atoms with van der Waals surface area (Å²) in [7, 11) is 0. The smallest absolute Gasteiger partial charge is 0.410 e. The van der Waals surface area contributed by atoms with Crippen LogP contribution in [0.2, 0.25) is 5.02 Å². The maximum absolute atomic E-state index is 11.6. The van der Waals surface area contributed by atoms with E-state index in [1.807, 2.05) is 12.1 Å². The summed E-state index contributed by atoms with van der Waals surface area (Å²) in [4.78, 5) is 13.1. The summed E-state index contributed by atoms with van der Waals surface area (Å²) in [6, 6.07) is 7.29. The minimum Gasteiger partial charge on any atom is -0.447 e. The van der Waals surface area contributed by atoms with Crippen LogP contribution in [-0.2, 0) is 11.3 Å². The number of aliphatic hydroxyl groups is 1. The van der Waals surface area contributed by atoms with Crippen molar-refractivity contribution in [3.63, 3.8) is 0 Å². The van der Waals surface area contributed by atoms with Crippen molar-refractivity contribution >= 4 is 17.7 Å². The first-order valence-corrected chi connectivity index (χ1v) is 5.73. The molecular weight excluding hydrogens is 242 g/mol. The molecule has 1 unspecified atom stereocenters. The second kappa shape index (κ2) is 4.55. The van der Waals surface area contributed by atoms with E-state index in [-0.39, 0.29) is 13.2 Å². The van der Waals surface area contributed by atoms with Gasteiger partial charge in [0.2, 0.25) is 0 Å². The van der Waals surface area contributed by atoms with Crippen molar-refractivity contribution in [2.45, 2.75) is 19.0 Å². The lowest BCUT2D eigenvalue weighted by molar-refractivity contribution is 0.0957. The molecule has 0 spiro atoms. The van der Waals surface area contributed by atoms with Gasteiger partial charge in [0.25, 0.3) is 0 Å². The molecule has 1 aromatic carbocycles. The molecule has 2 rings (SSSR count). The quantitative estimate of drug-likeness (QED) is 0.899. The maximum Gasteiger partial charge on any atom is 0.410 e. The van der Waals surface area contributed by atoms with E-state index in [4.69, 9.17) is 16.3 Å². The van der Waals surface area contributed by atoms with Crippen LogP contribution in [0, 0.1) is 0 Å². The first-order chi connectivity index (χ1) is 8.05. The monoisotopic (exact) mass is 255 g/mol. The first kappa shape index (κ1) is 12.2. The molecule has 17 heavy (non-hydrogen) atoms. The van der Waals surface area contributed by atoms with Gasteiger partial charge in [0, 0.05) is 11.6 Å². The summed E-state index contributed by atoms with van der Waals surface area (Å²) in [6.07, 6.45) is -0.401.